The van der Waals surface area contributed by atoms with Crippen LogP contribution >= 0.6 is 0 Å². The Kier molecular flexibility index (Phi) is 10.3. The number of aromatic nitrogens is 1. The summed E-state index contributed by atoms with van der Waals surface area (Å²) < 4.78 is 6.13. The van der Waals surface area contributed by atoms with Crippen LogP contribution in [0.15, 0.2) is 48.8 Å². The van der Waals surface area contributed by atoms with Crippen LogP contribution in [0.5, 0.6) is 5.88 Å². The number of carbonyl (C=O) groups excluding carboxylic acids is 2. The van der Waals surface area contributed by atoms with E-state index in [0.717, 1.165) is 56.0 Å². The molecule has 1 unspecified atom stereocenters. The lowest BCUT2D eigenvalue weighted by Gasteiger charge is -2.38. The average Bonchev–Trinajstić information content (AvgIpc) is 2.92. The average molecular weight is 497 g/mol. The lowest BCUT2D eigenvalue weighted by atomic mass is 9.69. The van der Waals surface area contributed by atoms with Crippen LogP contribution in [0.4, 0.5) is 5.82 Å². The maximum absolute atomic E-state index is 12.8. The molecule has 1 saturated heterocycles. The van der Waals surface area contributed by atoms with Crippen molar-refractivity contribution in [3.8, 4) is 5.88 Å². The van der Waals surface area contributed by atoms with Crippen molar-refractivity contribution >= 4 is 17.6 Å². The lowest BCUT2D eigenvalue weighted by molar-refractivity contribution is -0.135. The van der Waals surface area contributed by atoms with E-state index in [0.29, 0.717) is 11.6 Å². The van der Waals surface area contributed by atoms with Crippen molar-refractivity contribution in [2.24, 2.45) is 11.3 Å². The third-order valence-electron chi connectivity index (χ3n) is 7.17. The zero-order valence-corrected chi connectivity index (χ0v) is 23.2. The second-order valence-electron chi connectivity index (χ2n) is 9.40. The van der Waals surface area contributed by atoms with Gasteiger partial charge in [0.15, 0.2) is 0 Å². The zero-order chi connectivity index (χ0) is 27.0. The minimum absolute atomic E-state index is 0.0632. The fraction of sp³-hybridized carbons (Fsp3) is 0.552. The highest BCUT2D eigenvalue weighted by Crippen LogP contribution is 2.49. The second kappa shape index (κ2) is 12.7. The van der Waals surface area contributed by atoms with Crippen LogP contribution in [0.2, 0.25) is 0 Å². The van der Waals surface area contributed by atoms with Gasteiger partial charge in [-0.1, -0.05) is 46.9 Å². The Morgan fingerprint density at radius 1 is 1.17 bits per heavy atom. The van der Waals surface area contributed by atoms with Gasteiger partial charge in [-0.2, -0.15) is 4.98 Å². The van der Waals surface area contributed by atoms with Gasteiger partial charge in [-0.05, 0) is 44.9 Å². The Bertz CT molecular complexity index is 986. The number of amides is 2. The summed E-state index contributed by atoms with van der Waals surface area (Å²) >= 11 is 0. The molecule has 0 saturated carbocycles. The van der Waals surface area contributed by atoms with Gasteiger partial charge < -0.3 is 19.9 Å². The zero-order valence-electron chi connectivity index (χ0n) is 23.2. The normalized spacial score (nSPS) is 17.8. The highest BCUT2D eigenvalue weighted by Gasteiger charge is 2.44. The minimum Gasteiger partial charge on any atom is -0.438 e. The third-order valence-corrected chi connectivity index (χ3v) is 7.17. The van der Waals surface area contributed by atoms with Crippen molar-refractivity contribution in [1.82, 2.24) is 15.2 Å². The SMILES string of the molecule is C=CC1=C(C=C)C(C(C)(C)C(=O)NC)c2ccc(N3CCC(C(=O)N(CC)CC)CC3)nc2O1.CC. The van der Waals surface area contributed by atoms with Crippen molar-refractivity contribution in [3.63, 3.8) is 0 Å². The first kappa shape index (κ1) is 29.1. The summed E-state index contributed by atoms with van der Waals surface area (Å²) in [6.45, 7) is 22.8. The van der Waals surface area contributed by atoms with E-state index in [-0.39, 0.29) is 23.7 Å². The highest BCUT2D eigenvalue weighted by atomic mass is 16.5. The molecule has 2 amide bonds. The quantitative estimate of drug-likeness (QED) is 0.544. The van der Waals surface area contributed by atoms with E-state index >= 15 is 0 Å². The number of fused-ring (bicyclic) bond motifs is 1. The van der Waals surface area contributed by atoms with Crippen LogP contribution in [-0.4, -0.2) is 54.9 Å². The van der Waals surface area contributed by atoms with Crippen LogP contribution in [0.25, 0.3) is 0 Å². The number of piperidine rings is 1. The van der Waals surface area contributed by atoms with Crippen LogP contribution in [-0.2, 0) is 9.59 Å². The van der Waals surface area contributed by atoms with Crippen molar-refractivity contribution in [2.45, 2.75) is 60.3 Å². The van der Waals surface area contributed by atoms with Gasteiger partial charge in [-0.15, -0.1) is 0 Å². The lowest BCUT2D eigenvalue weighted by Crippen LogP contribution is -2.43. The first-order valence-electron chi connectivity index (χ1n) is 13.2. The molecule has 0 aromatic carbocycles. The van der Waals surface area contributed by atoms with Crippen LogP contribution in [0.1, 0.15) is 65.9 Å². The van der Waals surface area contributed by atoms with Gasteiger partial charge in [-0.25, -0.2) is 0 Å². The molecule has 1 aromatic rings. The Labute approximate surface area is 217 Å². The van der Waals surface area contributed by atoms with Gasteiger partial charge in [0.25, 0.3) is 0 Å². The molecule has 0 aliphatic carbocycles. The summed E-state index contributed by atoms with van der Waals surface area (Å²) in [4.78, 5) is 34.5. The van der Waals surface area contributed by atoms with Crippen molar-refractivity contribution in [1.29, 1.82) is 0 Å². The molecule has 1 N–H and O–H groups in total. The number of pyridine rings is 1. The molecule has 198 valence electrons. The van der Waals surface area contributed by atoms with Gasteiger partial charge in [0.2, 0.25) is 17.7 Å². The Morgan fingerprint density at radius 2 is 1.78 bits per heavy atom. The van der Waals surface area contributed by atoms with E-state index in [1.54, 1.807) is 19.2 Å². The van der Waals surface area contributed by atoms with E-state index in [4.69, 9.17) is 9.72 Å². The second-order valence-corrected chi connectivity index (χ2v) is 9.40. The monoisotopic (exact) mass is 496 g/mol. The van der Waals surface area contributed by atoms with Gasteiger partial charge in [0.1, 0.15) is 11.6 Å². The van der Waals surface area contributed by atoms with Gasteiger partial charge in [-0.3, -0.25) is 9.59 Å². The topological polar surface area (TPSA) is 74.8 Å². The molecule has 0 bridgehead atoms. The van der Waals surface area contributed by atoms with E-state index in [1.165, 1.54) is 0 Å². The number of hydrogen-bond donors (Lipinski definition) is 1. The maximum Gasteiger partial charge on any atom is 0.226 e. The molecule has 1 fully saturated rings. The molecule has 2 aliphatic rings. The molecule has 7 nitrogen and oxygen atoms in total. The van der Waals surface area contributed by atoms with Crippen molar-refractivity contribution in [2.75, 3.05) is 38.1 Å². The Morgan fingerprint density at radius 3 is 2.28 bits per heavy atom. The summed E-state index contributed by atoms with van der Waals surface area (Å²) in [6, 6.07) is 3.99. The molecule has 1 atom stereocenters. The first-order valence-corrected chi connectivity index (χ1v) is 13.2. The number of nitrogens with zero attached hydrogens (tertiary/aromatic N) is 3. The predicted molar refractivity (Wildman–Crippen MR) is 147 cm³/mol. The third kappa shape index (κ3) is 5.66. The Hall–Kier alpha value is -3.09. The molecule has 1 aromatic heterocycles. The fourth-order valence-corrected chi connectivity index (χ4v) is 5.15. The van der Waals surface area contributed by atoms with E-state index in [9.17, 15) is 9.59 Å². The largest absolute Gasteiger partial charge is 0.438 e. The number of carbonyl (C=O) groups is 2. The number of ether oxygens (including phenoxy) is 1. The van der Waals surface area contributed by atoms with Crippen LogP contribution in [0.3, 0.4) is 0 Å². The predicted octanol–water partition coefficient (Wildman–Crippen LogP) is 5.07. The summed E-state index contributed by atoms with van der Waals surface area (Å²) in [5, 5.41) is 2.78. The summed E-state index contributed by atoms with van der Waals surface area (Å²) in [6.07, 6.45) is 4.99. The highest BCUT2D eigenvalue weighted by molar-refractivity contribution is 5.84. The maximum atomic E-state index is 12.8. The van der Waals surface area contributed by atoms with Crippen LogP contribution in [0, 0.1) is 11.3 Å². The molecular formula is C29H44N4O3. The van der Waals surface area contributed by atoms with Crippen molar-refractivity contribution in [3.05, 3.63) is 54.3 Å². The summed E-state index contributed by atoms with van der Waals surface area (Å²) in [7, 11) is 1.64. The van der Waals surface area contributed by atoms with Crippen molar-refractivity contribution < 1.29 is 14.3 Å². The van der Waals surface area contributed by atoms with E-state index in [1.807, 2.05) is 58.6 Å². The summed E-state index contributed by atoms with van der Waals surface area (Å²) in [5.41, 5.74) is 0.919. The standard InChI is InChI=1S/C27H38N4O3.C2H6/c1-8-19-21(9-2)34-24-20(23(19)27(5,6)26(33)28-7)12-13-22(29-24)31-16-14-18(15-17-31)25(32)30(10-3)11-4;1-2/h8-9,12-13,18,23H,1-2,10-11,14-17H2,3-7H3,(H,28,33);1-2H3. The molecule has 0 spiro atoms. The molecular weight excluding hydrogens is 452 g/mol. The molecule has 3 heterocycles. The number of rotatable bonds is 8. The number of nitrogens with one attached hydrogen (secondary N) is 1. The number of anilines is 1. The Balaban J connectivity index is 0.00000222. The summed E-state index contributed by atoms with van der Waals surface area (Å²) in [5.74, 6) is 1.84. The number of allylic oxidation sites excluding steroid dienone is 3. The fourth-order valence-electron chi connectivity index (χ4n) is 5.15. The van der Waals surface area contributed by atoms with Gasteiger partial charge >= 0.3 is 0 Å². The minimum atomic E-state index is -0.753. The van der Waals surface area contributed by atoms with E-state index < -0.39 is 5.41 Å². The molecule has 7 heteroatoms. The smallest absolute Gasteiger partial charge is 0.226 e. The van der Waals surface area contributed by atoms with E-state index in [2.05, 4.69) is 23.4 Å². The molecule has 3 rings (SSSR count). The van der Waals surface area contributed by atoms with Gasteiger partial charge in [0, 0.05) is 56.2 Å². The number of hydrogen-bond acceptors (Lipinski definition) is 5. The molecule has 36 heavy (non-hydrogen) atoms. The first-order chi connectivity index (χ1) is 17.2. The van der Waals surface area contributed by atoms with Gasteiger partial charge in [0.05, 0.1) is 5.41 Å². The molecule has 2 aliphatic heterocycles. The molecule has 0 radical (unpaired) electrons. The van der Waals surface area contributed by atoms with Crippen LogP contribution < -0.4 is 15.0 Å².